The Morgan fingerprint density at radius 1 is 1.26 bits per heavy atom. The van der Waals surface area contributed by atoms with Crippen LogP contribution in [-0.2, 0) is 23.8 Å². The van der Waals surface area contributed by atoms with Gasteiger partial charge in [0.2, 0.25) is 12.7 Å². The summed E-state index contributed by atoms with van der Waals surface area (Å²) >= 11 is 0. The Morgan fingerprint density at radius 2 is 2.00 bits per heavy atom. The summed E-state index contributed by atoms with van der Waals surface area (Å²) in [6.45, 7) is 0.0724. The standard InChI is InChI=1S/C18H16N2O7/c1-23-14(21)6-13-16(18(22)24-2)15(10(7-19)17(20)27-13)9-3-4-11-12(5-9)26-8-25-11/h3-5,15H,6,8,20H2,1-2H3/t15-/m0/s1. The lowest BCUT2D eigenvalue weighted by molar-refractivity contribution is -0.140. The maximum Gasteiger partial charge on any atom is 0.338 e. The number of rotatable bonds is 4. The van der Waals surface area contributed by atoms with Gasteiger partial charge >= 0.3 is 11.9 Å². The van der Waals surface area contributed by atoms with Crippen molar-refractivity contribution in [2.45, 2.75) is 12.3 Å². The summed E-state index contributed by atoms with van der Waals surface area (Å²) in [7, 11) is 2.40. The Labute approximate surface area is 154 Å². The van der Waals surface area contributed by atoms with Crippen molar-refractivity contribution in [1.82, 2.24) is 0 Å². The first-order valence-corrected chi connectivity index (χ1v) is 7.85. The van der Waals surface area contributed by atoms with Crippen LogP contribution in [0.4, 0.5) is 0 Å². The van der Waals surface area contributed by atoms with Crippen LogP contribution in [0.3, 0.4) is 0 Å². The number of methoxy groups -OCH3 is 2. The van der Waals surface area contributed by atoms with Gasteiger partial charge < -0.3 is 29.4 Å². The highest BCUT2D eigenvalue weighted by Crippen LogP contribution is 2.43. The lowest BCUT2D eigenvalue weighted by Crippen LogP contribution is -2.26. The minimum atomic E-state index is -0.898. The predicted octanol–water partition coefficient (Wildman–Crippen LogP) is 1.21. The fraction of sp³-hybridized carbons (Fsp3) is 0.278. The van der Waals surface area contributed by atoms with Gasteiger partial charge in [-0.05, 0) is 17.7 Å². The quantitative estimate of drug-likeness (QED) is 0.775. The molecule has 0 unspecified atom stereocenters. The van der Waals surface area contributed by atoms with Crippen molar-refractivity contribution in [3.8, 4) is 17.6 Å². The molecule has 2 aliphatic rings. The van der Waals surface area contributed by atoms with Crippen molar-refractivity contribution in [1.29, 1.82) is 5.26 Å². The summed E-state index contributed by atoms with van der Waals surface area (Å²) < 4.78 is 25.5. The molecule has 0 saturated carbocycles. The number of benzene rings is 1. The average molecular weight is 372 g/mol. The minimum absolute atomic E-state index is 0.00693. The number of nitrogens with two attached hydrogens (primary N) is 1. The molecule has 1 aromatic rings. The van der Waals surface area contributed by atoms with Gasteiger partial charge in [-0.3, -0.25) is 4.79 Å². The molecule has 2 N–H and O–H groups in total. The van der Waals surface area contributed by atoms with Crippen LogP contribution in [0.2, 0.25) is 0 Å². The van der Waals surface area contributed by atoms with E-state index in [0.29, 0.717) is 17.1 Å². The molecule has 0 amide bonds. The van der Waals surface area contributed by atoms with Crippen molar-refractivity contribution >= 4 is 11.9 Å². The Hall–Kier alpha value is -3.67. The number of hydrogen-bond acceptors (Lipinski definition) is 9. The van der Waals surface area contributed by atoms with E-state index >= 15 is 0 Å². The van der Waals surface area contributed by atoms with Crippen LogP contribution in [0.1, 0.15) is 17.9 Å². The molecular formula is C18H16N2O7. The SMILES string of the molecule is COC(=O)CC1=C(C(=O)OC)[C@@H](c2ccc3c(c2)OCO3)C(C#N)=C(N)O1. The van der Waals surface area contributed by atoms with Crippen LogP contribution >= 0.6 is 0 Å². The zero-order valence-corrected chi connectivity index (χ0v) is 14.6. The molecule has 0 saturated heterocycles. The second-order valence-corrected chi connectivity index (χ2v) is 5.62. The molecule has 9 nitrogen and oxygen atoms in total. The van der Waals surface area contributed by atoms with Gasteiger partial charge in [-0.1, -0.05) is 6.07 Å². The van der Waals surface area contributed by atoms with Crippen molar-refractivity contribution in [2.24, 2.45) is 5.73 Å². The molecule has 2 aliphatic heterocycles. The fourth-order valence-corrected chi connectivity index (χ4v) is 2.91. The first kappa shape index (κ1) is 18.1. The minimum Gasteiger partial charge on any atom is -0.469 e. The maximum atomic E-state index is 12.5. The van der Waals surface area contributed by atoms with Crippen molar-refractivity contribution < 1.29 is 33.3 Å². The summed E-state index contributed by atoms with van der Waals surface area (Å²) in [5.74, 6) is -1.51. The number of esters is 2. The molecule has 0 aliphatic carbocycles. The van der Waals surface area contributed by atoms with E-state index in [1.54, 1.807) is 18.2 Å². The highest BCUT2D eigenvalue weighted by Gasteiger charge is 2.38. The van der Waals surface area contributed by atoms with Gasteiger partial charge in [0.25, 0.3) is 0 Å². The first-order valence-electron chi connectivity index (χ1n) is 7.85. The van der Waals surface area contributed by atoms with E-state index in [-0.39, 0.29) is 36.0 Å². The number of ether oxygens (including phenoxy) is 5. The molecule has 0 spiro atoms. The molecule has 9 heteroatoms. The highest BCUT2D eigenvalue weighted by atomic mass is 16.7. The smallest absolute Gasteiger partial charge is 0.338 e. The van der Waals surface area contributed by atoms with E-state index in [9.17, 15) is 14.9 Å². The molecule has 0 bridgehead atoms. The fourth-order valence-electron chi connectivity index (χ4n) is 2.91. The Bertz CT molecular complexity index is 911. The van der Waals surface area contributed by atoms with Crippen LogP contribution in [0.5, 0.6) is 11.5 Å². The number of allylic oxidation sites excluding steroid dienone is 1. The molecule has 1 atom stereocenters. The van der Waals surface area contributed by atoms with Crippen LogP contribution in [0.25, 0.3) is 0 Å². The first-order chi connectivity index (χ1) is 13.0. The van der Waals surface area contributed by atoms with E-state index in [0.717, 1.165) is 0 Å². The highest BCUT2D eigenvalue weighted by molar-refractivity contribution is 5.93. The van der Waals surface area contributed by atoms with Crippen LogP contribution < -0.4 is 15.2 Å². The van der Waals surface area contributed by atoms with E-state index in [1.165, 1.54) is 14.2 Å². The summed E-state index contributed by atoms with van der Waals surface area (Å²) in [5.41, 5.74) is 6.42. The van der Waals surface area contributed by atoms with Crippen molar-refractivity contribution in [3.05, 3.63) is 46.6 Å². The molecule has 140 valence electrons. The number of nitriles is 1. The Balaban J connectivity index is 2.17. The van der Waals surface area contributed by atoms with Gasteiger partial charge in [0.15, 0.2) is 11.5 Å². The normalized spacial score (nSPS) is 17.9. The Kier molecular flexibility index (Phi) is 4.90. The second-order valence-electron chi connectivity index (χ2n) is 5.62. The lowest BCUT2D eigenvalue weighted by atomic mass is 9.82. The largest absolute Gasteiger partial charge is 0.469 e. The topological polar surface area (TPSA) is 130 Å². The molecule has 27 heavy (non-hydrogen) atoms. The molecule has 2 heterocycles. The van der Waals surface area contributed by atoms with Crippen molar-refractivity contribution in [2.75, 3.05) is 21.0 Å². The van der Waals surface area contributed by atoms with Crippen LogP contribution in [0, 0.1) is 11.3 Å². The summed E-state index contributed by atoms with van der Waals surface area (Å²) in [5, 5.41) is 9.58. The molecule has 3 rings (SSSR count). The zero-order chi connectivity index (χ0) is 19.6. The van der Waals surface area contributed by atoms with Crippen LogP contribution in [-0.4, -0.2) is 33.0 Å². The van der Waals surface area contributed by atoms with Gasteiger partial charge in [0, 0.05) is 0 Å². The van der Waals surface area contributed by atoms with Gasteiger partial charge in [0.05, 0.1) is 25.7 Å². The Morgan fingerprint density at radius 3 is 2.67 bits per heavy atom. The number of nitrogens with zero attached hydrogens (tertiary/aromatic N) is 1. The van der Waals surface area contributed by atoms with Gasteiger partial charge in [-0.2, -0.15) is 5.26 Å². The van der Waals surface area contributed by atoms with E-state index in [4.69, 9.17) is 24.7 Å². The summed E-state index contributed by atoms with van der Waals surface area (Å²) in [4.78, 5) is 24.2. The molecule has 0 aromatic heterocycles. The van der Waals surface area contributed by atoms with E-state index in [1.807, 2.05) is 6.07 Å². The number of carbonyl (C=O) groups is 2. The number of fused-ring (bicyclic) bond motifs is 1. The van der Waals surface area contributed by atoms with E-state index in [2.05, 4.69) is 4.74 Å². The van der Waals surface area contributed by atoms with Gasteiger partial charge in [-0.15, -0.1) is 0 Å². The monoisotopic (exact) mass is 372 g/mol. The maximum absolute atomic E-state index is 12.5. The molecular weight excluding hydrogens is 356 g/mol. The lowest BCUT2D eigenvalue weighted by Gasteiger charge is -2.27. The number of carbonyl (C=O) groups excluding carboxylic acids is 2. The third-order valence-electron chi connectivity index (χ3n) is 4.16. The van der Waals surface area contributed by atoms with Crippen molar-refractivity contribution in [3.63, 3.8) is 0 Å². The van der Waals surface area contributed by atoms with E-state index < -0.39 is 17.9 Å². The van der Waals surface area contributed by atoms with Crippen LogP contribution in [0.15, 0.2) is 41.0 Å². The third kappa shape index (κ3) is 3.25. The average Bonchev–Trinajstić information content (AvgIpc) is 3.14. The molecule has 1 aromatic carbocycles. The molecule has 0 radical (unpaired) electrons. The van der Waals surface area contributed by atoms with Gasteiger partial charge in [-0.25, -0.2) is 4.79 Å². The number of hydrogen-bond donors (Lipinski definition) is 1. The second kappa shape index (κ2) is 7.29. The molecule has 0 fully saturated rings. The van der Waals surface area contributed by atoms with Gasteiger partial charge in [0.1, 0.15) is 23.8 Å². The summed E-state index contributed by atoms with van der Waals surface area (Å²) in [6, 6.07) is 6.94. The predicted molar refractivity (Wildman–Crippen MR) is 88.9 cm³/mol. The zero-order valence-electron chi connectivity index (χ0n) is 14.6. The third-order valence-corrected chi connectivity index (χ3v) is 4.16. The summed E-state index contributed by atoms with van der Waals surface area (Å²) in [6.07, 6.45) is -0.346.